The molecule has 0 aliphatic rings. The first kappa shape index (κ1) is 10.2. The Bertz CT molecular complexity index is 198. The highest BCUT2D eigenvalue weighted by molar-refractivity contribution is 5.84. The predicted molar refractivity (Wildman–Crippen MR) is 33.8 cm³/mol. The lowest BCUT2D eigenvalue weighted by molar-refractivity contribution is -0.308. The van der Waals surface area contributed by atoms with Gasteiger partial charge in [-0.1, -0.05) is 0 Å². The number of hydrogen-bond donors (Lipinski definition) is 3. The maximum Gasteiger partial charge on any atom is 0.312 e. The van der Waals surface area contributed by atoms with E-state index in [1.165, 1.54) is 0 Å². The van der Waals surface area contributed by atoms with E-state index in [2.05, 4.69) is 5.73 Å². The summed E-state index contributed by atoms with van der Waals surface area (Å²) in [6, 6.07) is -2.69. The largest absolute Gasteiger partial charge is 0.548 e. The lowest BCUT2D eigenvalue weighted by Gasteiger charge is -2.15. The topological polar surface area (TPSA) is 133 Å². The highest BCUT2D eigenvalue weighted by Gasteiger charge is 2.14. The summed E-state index contributed by atoms with van der Waals surface area (Å²) in [5, 5.41) is 20.0. The van der Waals surface area contributed by atoms with Gasteiger partial charge >= 0.3 is 12.0 Å². The molecule has 0 saturated heterocycles. The molecule has 0 aliphatic carbocycles. The lowest BCUT2D eigenvalue weighted by Crippen LogP contribution is -2.50. The van der Waals surface area contributed by atoms with Crippen LogP contribution in [-0.4, -0.2) is 29.1 Å². The minimum atomic E-state index is -1.68. The molecule has 0 rings (SSSR count). The summed E-state index contributed by atoms with van der Waals surface area (Å²) >= 11 is 0. The number of nitrogens with one attached hydrogen (secondary N) is 1. The molecule has 7 heteroatoms. The van der Waals surface area contributed by atoms with E-state index in [0.29, 0.717) is 0 Å². The number of hydrogen-bond acceptors (Lipinski definition) is 4. The van der Waals surface area contributed by atoms with Crippen LogP contribution in [0.15, 0.2) is 0 Å². The molecular formula is C5H7N2O5-. The molecule has 0 aromatic rings. The number of carbonyl (C=O) groups excluding carboxylic acids is 2. The van der Waals surface area contributed by atoms with Gasteiger partial charge in [-0.15, -0.1) is 0 Å². The molecule has 0 aromatic carbocycles. The molecule has 12 heavy (non-hydrogen) atoms. The molecule has 0 heterocycles. The average molecular weight is 175 g/mol. The molecule has 1 atom stereocenters. The molecule has 0 radical (unpaired) electrons. The zero-order valence-electron chi connectivity index (χ0n) is 5.94. The normalized spacial score (nSPS) is 11.7. The van der Waals surface area contributed by atoms with Gasteiger partial charge in [0.05, 0.1) is 18.4 Å². The molecule has 7 nitrogen and oxygen atoms in total. The quantitative estimate of drug-likeness (QED) is 0.426. The van der Waals surface area contributed by atoms with Crippen molar-refractivity contribution >= 4 is 18.0 Å². The standard InChI is InChI=1S/C5H8N2O5/c6-5(12)7-2(4(10)11)1-3(8)9/h2H,1H2,(H,8,9)(H,10,11)(H3,6,7,12)/p-1. The third-order valence-electron chi connectivity index (χ3n) is 0.980. The van der Waals surface area contributed by atoms with E-state index < -0.39 is 30.4 Å². The van der Waals surface area contributed by atoms with Crippen LogP contribution in [0.5, 0.6) is 0 Å². The zero-order valence-corrected chi connectivity index (χ0v) is 5.94. The first-order valence-corrected chi connectivity index (χ1v) is 2.92. The van der Waals surface area contributed by atoms with E-state index in [1.807, 2.05) is 0 Å². The minimum absolute atomic E-state index is 0.759. The second kappa shape index (κ2) is 4.16. The first-order valence-electron chi connectivity index (χ1n) is 2.92. The van der Waals surface area contributed by atoms with Crippen LogP contribution in [0.4, 0.5) is 4.79 Å². The van der Waals surface area contributed by atoms with Gasteiger partial charge in [0.1, 0.15) is 0 Å². The Morgan fingerprint density at radius 3 is 2.25 bits per heavy atom. The number of carboxylic acid groups (broad SMARTS) is 2. The van der Waals surface area contributed by atoms with E-state index in [4.69, 9.17) is 5.11 Å². The summed E-state index contributed by atoms with van der Waals surface area (Å²) in [6.07, 6.45) is -0.759. The van der Waals surface area contributed by atoms with Gasteiger partial charge in [0.25, 0.3) is 0 Å². The number of aliphatic carboxylic acids is 2. The Labute approximate surface area is 67.2 Å². The van der Waals surface area contributed by atoms with Gasteiger partial charge in [-0.05, 0) is 0 Å². The Morgan fingerprint density at radius 2 is 2.00 bits per heavy atom. The van der Waals surface area contributed by atoms with Crippen molar-refractivity contribution in [3.63, 3.8) is 0 Å². The summed E-state index contributed by atoms with van der Waals surface area (Å²) in [4.78, 5) is 30.3. The lowest BCUT2D eigenvalue weighted by atomic mass is 10.2. The van der Waals surface area contributed by atoms with Crippen molar-refractivity contribution in [2.24, 2.45) is 5.73 Å². The van der Waals surface area contributed by atoms with Gasteiger partial charge in [0.2, 0.25) is 0 Å². The Hall–Kier alpha value is -1.79. The molecule has 0 aromatic heterocycles. The van der Waals surface area contributed by atoms with Crippen LogP contribution < -0.4 is 16.2 Å². The fraction of sp³-hybridized carbons (Fsp3) is 0.400. The van der Waals surface area contributed by atoms with Gasteiger partial charge in [0.15, 0.2) is 0 Å². The van der Waals surface area contributed by atoms with Crippen molar-refractivity contribution in [3.8, 4) is 0 Å². The van der Waals surface area contributed by atoms with Gasteiger partial charge < -0.3 is 26.1 Å². The molecule has 1 unspecified atom stereocenters. The Kier molecular flexibility index (Phi) is 3.54. The highest BCUT2D eigenvalue weighted by atomic mass is 16.4. The first-order chi connectivity index (χ1) is 5.43. The number of carboxylic acids is 2. The molecule has 4 N–H and O–H groups in total. The Morgan fingerprint density at radius 1 is 1.50 bits per heavy atom. The zero-order chi connectivity index (χ0) is 9.72. The van der Waals surface area contributed by atoms with Crippen LogP contribution in [0.2, 0.25) is 0 Å². The van der Waals surface area contributed by atoms with Crippen molar-refractivity contribution in [2.75, 3.05) is 0 Å². The van der Waals surface area contributed by atoms with Crippen molar-refractivity contribution in [3.05, 3.63) is 0 Å². The monoisotopic (exact) mass is 175 g/mol. The Balaban J connectivity index is 4.14. The summed E-state index contributed by atoms with van der Waals surface area (Å²) < 4.78 is 0. The molecule has 0 aliphatic heterocycles. The molecular weight excluding hydrogens is 168 g/mol. The van der Waals surface area contributed by atoms with Crippen LogP contribution in [0.1, 0.15) is 6.42 Å². The van der Waals surface area contributed by atoms with Crippen LogP contribution >= 0.6 is 0 Å². The number of nitrogens with two attached hydrogens (primary N) is 1. The minimum Gasteiger partial charge on any atom is -0.548 e. The van der Waals surface area contributed by atoms with E-state index in [9.17, 15) is 19.5 Å². The van der Waals surface area contributed by atoms with Gasteiger partial charge in [-0.25, -0.2) is 4.79 Å². The molecule has 0 fully saturated rings. The molecule has 0 bridgehead atoms. The number of primary amides is 1. The van der Waals surface area contributed by atoms with Crippen molar-refractivity contribution in [1.29, 1.82) is 0 Å². The summed E-state index contributed by atoms with van der Waals surface area (Å²) in [6.45, 7) is 0. The number of rotatable bonds is 4. The third-order valence-corrected chi connectivity index (χ3v) is 0.980. The molecule has 2 amide bonds. The second-order valence-corrected chi connectivity index (χ2v) is 1.98. The highest BCUT2D eigenvalue weighted by Crippen LogP contribution is 1.89. The maximum atomic E-state index is 10.1. The fourth-order valence-electron chi connectivity index (χ4n) is 0.540. The predicted octanol–water partition coefficient (Wildman–Crippen LogP) is -2.75. The van der Waals surface area contributed by atoms with E-state index >= 15 is 0 Å². The van der Waals surface area contributed by atoms with Crippen LogP contribution in [0, 0.1) is 0 Å². The van der Waals surface area contributed by atoms with Gasteiger partial charge in [-0.2, -0.15) is 0 Å². The second-order valence-electron chi connectivity index (χ2n) is 1.98. The summed E-state index contributed by atoms with van der Waals surface area (Å²) in [7, 11) is 0. The van der Waals surface area contributed by atoms with Gasteiger partial charge in [-0.3, -0.25) is 4.79 Å². The summed E-state index contributed by atoms with van der Waals surface area (Å²) in [5.41, 5.74) is 4.57. The van der Waals surface area contributed by atoms with Crippen LogP contribution in [-0.2, 0) is 9.59 Å². The van der Waals surface area contributed by atoms with E-state index in [1.54, 1.807) is 5.32 Å². The average Bonchev–Trinajstić information content (AvgIpc) is 1.83. The van der Waals surface area contributed by atoms with Crippen molar-refractivity contribution < 1.29 is 24.6 Å². The molecule has 0 saturated carbocycles. The van der Waals surface area contributed by atoms with Crippen molar-refractivity contribution in [2.45, 2.75) is 12.5 Å². The number of amides is 2. The summed E-state index contributed by atoms with van der Waals surface area (Å²) in [5.74, 6) is -3.05. The smallest absolute Gasteiger partial charge is 0.312 e. The van der Waals surface area contributed by atoms with Gasteiger partial charge in [0, 0.05) is 0 Å². The van der Waals surface area contributed by atoms with Crippen LogP contribution in [0.3, 0.4) is 0 Å². The molecule has 0 spiro atoms. The van der Waals surface area contributed by atoms with Crippen LogP contribution in [0.25, 0.3) is 0 Å². The maximum absolute atomic E-state index is 10.1. The van der Waals surface area contributed by atoms with Crippen molar-refractivity contribution in [1.82, 2.24) is 5.32 Å². The molecule has 68 valence electrons. The number of urea groups is 1. The fourth-order valence-corrected chi connectivity index (χ4v) is 0.540. The van der Waals surface area contributed by atoms with E-state index in [-0.39, 0.29) is 0 Å². The number of carbonyl (C=O) groups is 3. The third kappa shape index (κ3) is 4.09. The van der Waals surface area contributed by atoms with E-state index in [0.717, 1.165) is 0 Å². The SMILES string of the molecule is NC(=O)NC(CC(=O)O)C(=O)[O-].